The second-order valence-corrected chi connectivity index (χ2v) is 5.70. The summed E-state index contributed by atoms with van der Waals surface area (Å²) in [6, 6.07) is 4.06. The number of aromatic nitrogens is 3. The van der Waals surface area contributed by atoms with Crippen molar-refractivity contribution in [3.8, 4) is 5.82 Å². The molecular weight excluding hydrogens is 300 g/mol. The average Bonchev–Trinajstić information content (AvgIpc) is 3.03. The maximum absolute atomic E-state index is 4.63. The molecule has 0 fully saturated rings. The van der Waals surface area contributed by atoms with Gasteiger partial charge in [0.05, 0.1) is 6.54 Å². The molecule has 2 aromatic heterocycles. The van der Waals surface area contributed by atoms with Gasteiger partial charge < -0.3 is 10.6 Å². The Morgan fingerprint density at radius 2 is 2.04 bits per heavy atom. The molecule has 6 nitrogen and oxygen atoms in total. The lowest BCUT2D eigenvalue weighted by Crippen LogP contribution is -2.37. The zero-order valence-electron chi connectivity index (χ0n) is 14.9. The summed E-state index contributed by atoms with van der Waals surface area (Å²) in [4.78, 5) is 13.4. The van der Waals surface area contributed by atoms with Gasteiger partial charge in [-0.25, -0.2) is 15.0 Å². The van der Waals surface area contributed by atoms with Crippen molar-refractivity contribution >= 4 is 5.96 Å². The van der Waals surface area contributed by atoms with Crippen molar-refractivity contribution in [3.63, 3.8) is 0 Å². The maximum atomic E-state index is 4.63. The van der Waals surface area contributed by atoms with Crippen molar-refractivity contribution in [3.05, 3.63) is 42.1 Å². The van der Waals surface area contributed by atoms with Crippen molar-refractivity contribution in [2.45, 2.75) is 46.6 Å². The molecule has 0 radical (unpaired) electrons. The van der Waals surface area contributed by atoms with Crippen molar-refractivity contribution in [2.75, 3.05) is 13.1 Å². The molecule has 0 amide bonds. The topological polar surface area (TPSA) is 67.1 Å². The fourth-order valence-corrected chi connectivity index (χ4v) is 2.37. The van der Waals surface area contributed by atoms with Gasteiger partial charge in [0.2, 0.25) is 0 Å². The third-order valence-corrected chi connectivity index (χ3v) is 3.72. The number of aliphatic imine (C=N–C) groups is 1. The summed E-state index contributed by atoms with van der Waals surface area (Å²) in [5.74, 6) is 2.67. The van der Waals surface area contributed by atoms with E-state index in [1.54, 1.807) is 6.20 Å². The summed E-state index contributed by atoms with van der Waals surface area (Å²) in [7, 11) is 0. The van der Waals surface area contributed by atoms with E-state index in [9.17, 15) is 0 Å². The second kappa shape index (κ2) is 9.70. The largest absolute Gasteiger partial charge is 0.357 e. The third-order valence-electron chi connectivity index (χ3n) is 3.72. The molecule has 0 aliphatic heterocycles. The quantitative estimate of drug-likeness (QED) is 0.444. The van der Waals surface area contributed by atoms with Gasteiger partial charge in [-0.05, 0) is 31.9 Å². The first-order chi connectivity index (χ1) is 11.7. The predicted octanol–water partition coefficient (Wildman–Crippen LogP) is 2.82. The lowest BCUT2D eigenvalue weighted by molar-refractivity contribution is 0.683. The number of hydrogen-bond donors (Lipinski definition) is 2. The Morgan fingerprint density at radius 1 is 1.17 bits per heavy atom. The van der Waals surface area contributed by atoms with E-state index in [4.69, 9.17) is 0 Å². The number of imidazole rings is 1. The van der Waals surface area contributed by atoms with E-state index >= 15 is 0 Å². The molecule has 6 heteroatoms. The fraction of sp³-hybridized carbons (Fsp3) is 0.500. The number of rotatable bonds is 8. The van der Waals surface area contributed by atoms with Crippen LogP contribution in [0.2, 0.25) is 0 Å². The Labute approximate surface area is 144 Å². The van der Waals surface area contributed by atoms with Crippen LogP contribution in [-0.4, -0.2) is 33.6 Å². The summed E-state index contributed by atoms with van der Waals surface area (Å²) in [6.07, 6.45) is 9.21. The zero-order chi connectivity index (χ0) is 17.2. The molecule has 2 rings (SSSR count). The molecule has 24 heavy (non-hydrogen) atoms. The molecule has 0 atom stereocenters. The van der Waals surface area contributed by atoms with Crippen molar-refractivity contribution in [2.24, 2.45) is 4.99 Å². The van der Waals surface area contributed by atoms with Crippen LogP contribution in [0, 0.1) is 6.92 Å². The Hall–Kier alpha value is -2.37. The van der Waals surface area contributed by atoms with Crippen LogP contribution in [0.4, 0.5) is 0 Å². The van der Waals surface area contributed by atoms with Crippen LogP contribution in [0.5, 0.6) is 0 Å². The molecule has 2 aromatic rings. The Bertz CT molecular complexity index is 629. The zero-order valence-corrected chi connectivity index (χ0v) is 14.9. The molecule has 130 valence electrons. The van der Waals surface area contributed by atoms with Gasteiger partial charge in [-0.3, -0.25) is 4.57 Å². The van der Waals surface area contributed by atoms with E-state index in [1.165, 1.54) is 19.3 Å². The summed E-state index contributed by atoms with van der Waals surface area (Å²) in [5, 5.41) is 6.65. The van der Waals surface area contributed by atoms with Gasteiger partial charge in [0.25, 0.3) is 0 Å². The number of unbranched alkanes of at least 4 members (excludes halogenated alkanes) is 2. The van der Waals surface area contributed by atoms with Crippen LogP contribution in [0.25, 0.3) is 5.82 Å². The normalized spacial score (nSPS) is 11.5. The van der Waals surface area contributed by atoms with Crippen LogP contribution in [0.3, 0.4) is 0 Å². The number of pyridine rings is 1. The highest BCUT2D eigenvalue weighted by molar-refractivity contribution is 5.79. The maximum Gasteiger partial charge on any atom is 0.191 e. The first-order valence-electron chi connectivity index (χ1n) is 8.72. The SMILES string of the molecule is CCCCCNC(=NCc1ccc(-n2ccnc2C)nc1)NCC. The van der Waals surface area contributed by atoms with Gasteiger partial charge in [-0.2, -0.15) is 0 Å². The van der Waals surface area contributed by atoms with Crippen LogP contribution in [0.15, 0.2) is 35.7 Å². The minimum atomic E-state index is 0.610. The third kappa shape index (κ3) is 5.37. The molecular formula is C18H28N6. The van der Waals surface area contributed by atoms with E-state index < -0.39 is 0 Å². The molecule has 2 heterocycles. The highest BCUT2D eigenvalue weighted by atomic mass is 15.2. The minimum absolute atomic E-state index is 0.610. The molecule has 0 saturated carbocycles. The fourth-order valence-electron chi connectivity index (χ4n) is 2.37. The molecule has 0 saturated heterocycles. The lowest BCUT2D eigenvalue weighted by atomic mass is 10.2. The predicted molar refractivity (Wildman–Crippen MR) is 98.4 cm³/mol. The number of hydrogen-bond acceptors (Lipinski definition) is 3. The highest BCUT2D eigenvalue weighted by Gasteiger charge is 2.02. The van der Waals surface area contributed by atoms with Crippen molar-refractivity contribution < 1.29 is 0 Å². The van der Waals surface area contributed by atoms with Gasteiger partial charge in [-0.1, -0.05) is 25.8 Å². The van der Waals surface area contributed by atoms with E-state index in [0.29, 0.717) is 6.54 Å². The lowest BCUT2D eigenvalue weighted by Gasteiger charge is -2.11. The second-order valence-electron chi connectivity index (χ2n) is 5.70. The Kier molecular flexibility index (Phi) is 7.26. The average molecular weight is 328 g/mol. The number of nitrogens with one attached hydrogen (secondary N) is 2. The van der Waals surface area contributed by atoms with Crippen LogP contribution >= 0.6 is 0 Å². The number of aryl methyl sites for hydroxylation is 1. The van der Waals surface area contributed by atoms with Crippen LogP contribution in [0.1, 0.15) is 44.5 Å². The van der Waals surface area contributed by atoms with Crippen LogP contribution < -0.4 is 10.6 Å². The monoisotopic (exact) mass is 328 g/mol. The smallest absolute Gasteiger partial charge is 0.191 e. The summed E-state index contributed by atoms with van der Waals surface area (Å²) in [5.41, 5.74) is 1.09. The van der Waals surface area contributed by atoms with Gasteiger partial charge in [0.15, 0.2) is 5.96 Å². The molecule has 0 bridgehead atoms. The number of nitrogens with zero attached hydrogens (tertiary/aromatic N) is 4. The first-order valence-corrected chi connectivity index (χ1v) is 8.72. The minimum Gasteiger partial charge on any atom is -0.357 e. The van der Waals surface area contributed by atoms with E-state index in [-0.39, 0.29) is 0 Å². The number of guanidine groups is 1. The molecule has 0 aromatic carbocycles. The van der Waals surface area contributed by atoms with E-state index in [0.717, 1.165) is 36.3 Å². The van der Waals surface area contributed by atoms with Gasteiger partial charge >= 0.3 is 0 Å². The Morgan fingerprint density at radius 3 is 2.67 bits per heavy atom. The molecule has 0 spiro atoms. The van der Waals surface area contributed by atoms with Crippen molar-refractivity contribution in [1.82, 2.24) is 25.2 Å². The summed E-state index contributed by atoms with van der Waals surface area (Å²) < 4.78 is 1.96. The first kappa shape index (κ1) is 18.0. The van der Waals surface area contributed by atoms with Gasteiger partial charge in [0, 0.05) is 31.7 Å². The van der Waals surface area contributed by atoms with Gasteiger partial charge in [0.1, 0.15) is 11.6 Å². The molecule has 0 aliphatic carbocycles. The van der Waals surface area contributed by atoms with Gasteiger partial charge in [-0.15, -0.1) is 0 Å². The molecule has 0 aliphatic rings. The van der Waals surface area contributed by atoms with E-state index in [2.05, 4.69) is 45.5 Å². The summed E-state index contributed by atoms with van der Waals surface area (Å²) >= 11 is 0. The molecule has 2 N–H and O–H groups in total. The highest BCUT2D eigenvalue weighted by Crippen LogP contribution is 2.09. The standard InChI is InChI=1S/C18H28N6/c1-4-6-7-10-21-18(19-5-2)23-14-16-8-9-17(22-13-16)24-12-11-20-15(24)3/h8-9,11-13H,4-7,10,14H2,1-3H3,(H2,19,21,23). The summed E-state index contributed by atoms with van der Waals surface area (Å²) in [6.45, 7) is 8.67. The van der Waals surface area contributed by atoms with Crippen molar-refractivity contribution in [1.29, 1.82) is 0 Å². The molecule has 0 unspecified atom stereocenters. The van der Waals surface area contributed by atoms with E-state index in [1.807, 2.05) is 30.0 Å². The Balaban J connectivity index is 1.94. The van der Waals surface area contributed by atoms with Crippen LogP contribution in [-0.2, 0) is 6.54 Å².